The average Bonchev–Trinajstić information content (AvgIpc) is 2.81. The number of nitrogens with one attached hydrogen (secondary N) is 1. The maximum absolute atomic E-state index is 11.9. The highest BCUT2D eigenvalue weighted by atomic mass is 16.5. The molecule has 0 aliphatic carbocycles. The van der Waals surface area contributed by atoms with Crippen LogP contribution in [0, 0.1) is 11.3 Å². The summed E-state index contributed by atoms with van der Waals surface area (Å²) in [5.41, 5.74) is 0. The van der Waals surface area contributed by atoms with Crippen molar-refractivity contribution in [3.63, 3.8) is 0 Å². The molecule has 96 valence electrons. The average molecular weight is 239 g/mol. The van der Waals surface area contributed by atoms with Crippen molar-refractivity contribution in [2.75, 3.05) is 26.8 Å². The van der Waals surface area contributed by atoms with E-state index >= 15 is 0 Å². The van der Waals surface area contributed by atoms with E-state index in [4.69, 9.17) is 10.00 Å². The minimum Gasteiger partial charge on any atom is -0.385 e. The van der Waals surface area contributed by atoms with Gasteiger partial charge < -0.3 is 10.1 Å². The largest absolute Gasteiger partial charge is 0.385 e. The zero-order valence-electron chi connectivity index (χ0n) is 10.6. The van der Waals surface area contributed by atoms with E-state index in [1.807, 2.05) is 11.8 Å². The summed E-state index contributed by atoms with van der Waals surface area (Å²) in [6.07, 6.45) is 2.69. The standard InChI is InChI=1S/C12H21N3O2/c1-10(12(16)14-6-4-8-17-2)15-7-3-5-11(15)9-13/h10-11H,3-8H2,1-2H3,(H,14,16). The Morgan fingerprint density at radius 2 is 2.47 bits per heavy atom. The number of hydrogen-bond donors (Lipinski definition) is 1. The smallest absolute Gasteiger partial charge is 0.237 e. The molecule has 0 aromatic rings. The topological polar surface area (TPSA) is 65.4 Å². The predicted octanol–water partition coefficient (Wildman–Crippen LogP) is 0.516. The Morgan fingerprint density at radius 1 is 1.71 bits per heavy atom. The molecule has 1 amide bonds. The van der Waals surface area contributed by atoms with Crippen LogP contribution in [0.1, 0.15) is 26.2 Å². The third kappa shape index (κ3) is 3.99. The fourth-order valence-corrected chi connectivity index (χ4v) is 2.12. The minimum absolute atomic E-state index is 0.00301. The third-order valence-electron chi connectivity index (χ3n) is 3.14. The fourth-order valence-electron chi connectivity index (χ4n) is 2.12. The highest BCUT2D eigenvalue weighted by molar-refractivity contribution is 5.81. The first-order valence-corrected chi connectivity index (χ1v) is 6.12. The van der Waals surface area contributed by atoms with Crippen LogP contribution in [0.15, 0.2) is 0 Å². The van der Waals surface area contributed by atoms with Gasteiger partial charge in [-0.2, -0.15) is 5.26 Å². The lowest BCUT2D eigenvalue weighted by atomic mass is 10.2. The van der Waals surface area contributed by atoms with Crippen LogP contribution in [0.5, 0.6) is 0 Å². The number of carbonyl (C=O) groups is 1. The Bertz CT molecular complexity index is 288. The van der Waals surface area contributed by atoms with Crippen LogP contribution in [0.25, 0.3) is 0 Å². The Morgan fingerprint density at radius 3 is 3.12 bits per heavy atom. The Balaban J connectivity index is 2.33. The molecule has 1 aliphatic heterocycles. The van der Waals surface area contributed by atoms with E-state index in [0.29, 0.717) is 13.2 Å². The Labute approximate surface area is 103 Å². The summed E-state index contributed by atoms with van der Waals surface area (Å²) >= 11 is 0. The van der Waals surface area contributed by atoms with Gasteiger partial charge >= 0.3 is 0 Å². The van der Waals surface area contributed by atoms with Gasteiger partial charge in [0.25, 0.3) is 0 Å². The van der Waals surface area contributed by atoms with E-state index in [1.54, 1.807) is 7.11 Å². The number of hydrogen-bond acceptors (Lipinski definition) is 4. The molecule has 1 fully saturated rings. The second-order valence-electron chi connectivity index (χ2n) is 4.34. The van der Waals surface area contributed by atoms with E-state index in [9.17, 15) is 4.79 Å². The van der Waals surface area contributed by atoms with Gasteiger partial charge in [-0.15, -0.1) is 0 Å². The molecule has 2 unspecified atom stereocenters. The van der Waals surface area contributed by atoms with Crippen LogP contribution in [0.3, 0.4) is 0 Å². The molecular formula is C12H21N3O2. The first kappa shape index (κ1) is 13.9. The molecule has 1 rings (SSSR count). The summed E-state index contributed by atoms with van der Waals surface area (Å²) in [5.74, 6) is 0.00301. The molecule has 1 saturated heterocycles. The van der Waals surface area contributed by atoms with Crippen molar-refractivity contribution < 1.29 is 9.53 Å². The van der Waals surface area contributed by atoms with Crippen LogP contribution >= 0.6 is 0 Å². The predicted molar refractivity (Wildman–Crippen MR) is 64.3 cm³/mol. The number of nitrogens with zero attached hydrogens (tertiary/aromatic N) is 2. The third-order valence-corrected chi connectivity index (χ3v) is 3.14. The van der Waals surface area contributed by atoms with Crippen molar-refractivity contribution in [1.82, 2.24) is 10.2 Å². The van der Waals surface area contributed by atoms with E-state index in [1.165, 1.54) is 0 Å². The first-order valence-electron chi connectivity index (χ1n) is 6.12. The van der Waals surface area contributed by atoms with Gasteiger partial charge in [0.05, 0.1) is 18.2 Å². The molecular weight excluding hydrogens is 218 g/mol. The molecule has 17 heavy (non-hydrogen) atoms. The fraction of sp³-hybridized carbons (Fsp3) is 0.833. The summed E-state index contributed by atoms with van der Waals surface area (Å²) in [6.45, 7) is 3.98. The molecule has 0 spiro atoms. The number of amides is 1. The van der Waals surface area contributed by atoms with Crippen molar-refractivity contribution in [1.29, 1.82) is 5.26 Å². The van der Waals surface area contributed by atoms with E-state index in [2.05, 4.69) is 11.4 Å². The number of methoxy groups -OCH3 is 1. The minimum atomic E-state index is -0.218. The number of nitriles is 1. The summed E-state index contributed by atoms with van der Waals surface area (Å²) in [4.78, 5) is 13.8. The molecule has 1 aliphatic rings. The number of ether oxygens (including phenoxy) is 1. The van der Waals surface area contributed by atoms with Gasteiger partial charge in [-0.05, 0) is 26.2 Å². The van der Waals surface area contributed by atoms with E-state index in [-0.39, 0.29) is 18.0 Å². The Kier molecular flexibility index (Phi) is 5.95. The SMILES string of the molecule is COCCCNC(=O)C(C)N1CCCC1C#N. The number of likely N-dealkylation sites (tertiary alicyclic amines) is 1. The quantitative estimate of drug-likeness (QED) is 0.686. The van der Waals surface area contributed by atoms with Crippen LogP contribution in [-0.2, 0) is 9.53 Å². The molecule has 0 aromatic carbocycles. The highest BCUT2D eigenvalue weighted by Gasteiger charge is 2.31. The van der Waals surface area contributed by atoms with E-state index < -0.39 is 0 Å². The van der Waals surface area contributed by atoms with Gasteiger partial charge in [-0.25, -0.2) is 0 Å². The Hall–Kier alpha value is -1.12. The number of carbonyl (C=O) groups excluding carboxylic acids is 1. The monoisotopic (exact) mass is 239 g/mol. The lowest BCUT2D eigenvalue weighted by molar-refractivity contribution is -0.125. The summed E-state index contributed by atoms with van der Waals surface area (Å²) in [5, 5.41) is 11.8. The van der Waals surface area contributed by atoms with Crippen molar-refractivity contribution in [2.24, 2.45) is 0 Å². The second kappa shape index (κ2) is 7.25. The van der Waals surface area contributed by atoms with Gasteiger partial charge in [-0.1, -0.05) is 0 Å². The molecule has 1 N–H and O–H groups in total. The summed E-state index contributed by atoms with van der Waals surface area (Å²) in [7, 11) is 1.65. The molecule has 0 radical (unpaired) electrons. The first-order chi connectivity index (χ1) is 8.20. The van der Waals surface area contributed by atoms with Crippen molar-refractivity contribution in [2.45, 2.75) is 38.3 Å². The molecule has 5 heteroatoms. The molecule has 2 atom stereocenters. The highest BCUT2D eigenvalue weighted by Crippen LogP contribution is 2.19. The van der Waals surface area contributed by atoms with Gasteiger partial charge in [0.15, 0.2) is 0 Å². The van der Waals surface area contributed by atoms with Crippen LogP contribution in [-0.4, -0.2) is 49.7 Å². The van der Waals surface area contributed by atoms with Crippen molar-refractivity contribution >= 4 is 5.91 Å². The van der Waals surface area contributed by atoms with Gasteiger partial charge in [-0.3, -0.25) is 9.69 Å². The van der Waals surface area contributed by atoms with Crippen molar-refractivity contribution in [3.05, 3.63) is 0 Å². The lowest BCUT2D eigenvalue weighted by Crippen LogP contribution is -2.47. The zero-order chi connectivity index (χ0) is 12.7. The van der Waals surface area contributed by atoms with Crippen molar-refractivity contribution in [3.8, 4) is 6.07 Å². The maximum Gasteiger partial charge on any atom is 0.237 e. The van der Waals surface area contributed by atoms with Crippen LogP contribution in [0.4, 0.5) is 0 Å². The lowest BCUT2D eigenvalue weighted by Gasteiger charge is -2.25. The molecule has 0 saturated carbocycles. The van der Waals surface area contributed by atoms with Crippen LogP contribution in [0.2, 0.25) is 0 Å². The second-order valence-corrected chi connectivity index (χ2v) is 4.34. The van der Waals surface area contributed by atoms with E-state index in [0.717, 1.165) is 25.8 Å². The molecule has 0 bridgehead atoms. The zero-order valence-corrected chi connectivity index (χ0v) is 10.6. The van der Waals surface area contributed by atoms with Crippen LogP contribution < -0.4 is 5.32 Å². The van der Waals surface area contributed by atoms with Gasteiger partial charge in [0.2, 0.25) is 5.91 Å². The molecule has 0 aromatic heterocycles. The summed E-state index contributed by atoms with van der Waals surface area (Å²) in [6, 6.07) is 1.93. The van der Waals surface area contributed by atoms with Gasteiger partial charge in [0.1, 0.15) is 0 Å². The van der Waals surface area contributed by atoms with Gasteiger partial charge in [0, 0.05) is 26.8 Å². The normalized spacial score (nSPS) is 22.1. The summed E-state index contributed by atoms with van der Waals surface area (Å²) < 4.78 is 4.91. The molecule has 1 heterocycles. The number of rotatable bonds is 6. The molecule has 5 nitrogen and oxygen atoms in total. The maximum atomic E-state index is 11.9.